The van der Waals surface area contributed by atoms with E-state index in [9.17, 15) is 14.4 Å². The van der Waals surface area contributed by atoms with Gasteiger partial charge in [0, 0.05) is 0 Å². The molecule has 1 heterocycles. The van der Waals surface area contributed by atoms with Gasteiger partial charge in [-0.1, -0.05) is 12.1 Å². The summed E-state index contributed by atoms with van der Waals surface area (Å²) in [6.45, 7) is 1.68. The Balaban J connectivity index is 2.33. The highest BCUT2D eigenvalue weighted by Gasteiger charge is 2.47. The maximum absolute atomic E-state index is 13.8. The van der Waals surface area contributed by atoms with E-state index >= 15 is 0 Å². The number of ether oxygens (including phenoxy) is 2. The summed E-state index contributed by atoms with van der Waals surface area (Å²) in [5.74, 6) is -1.42. The van der Waals surface area contributed by atoms with Gasteiger partial charge in [0.05, 0.1) is 18.6 Å². The molecular formula is C13H14FNO5. The summed E-state index contributed by atoms with van der Waals surface area (Å²) in [6, 6.07) is 6.35. The average molecular weight is 283 g/mol. The molecule has 1 aliphatic heterocycles. The van der Waals surface area contributed by atoms with Crippen LogP contribution in [0, 0.1) is 5.21 Å². The van der Waals surface area contributed by atoms with Crippen LogP contribution in [0.4, 0.5) is 4.39 Å². The Hall–Kier alpha value is -2.31. The number of halogens is 1. The van der Waals surface area contributed by atoms with Crippen LogP contribution in [0.2, 0.25) is 0 Å². The molecule has 2 unspecified atom stereocenters. The van der Waals surface area contributed by atoms with Gasteiger partial charge in [-0.05, 0) is 24.6 Å². The fraction of sp³-hybridized carbons (Fsp3) is 0.385. The summed E-state index contributed by atoms with van der Waals surface area (Å²) in [6.07, 6.45) is -1.93. The van der Waals surface area contributed by atoms with Gasteiger partial charge in [0.25, 0.3) is 0 Å². The smallest absolute Gasteiger partial charge is 0.406 e. The summed E-state index contributed by atoms with van der Waals surface area (Å²) in [5, 5.41) is 11.5. The lowest BCUT2D eigenvalue weighted by atomic mass is 9.94. The molecule has 0 N–H and O–H groups in total. The van der Waals surface area contributed by atoms with Crippen LogP contribution in [0.5, 0.6) is 5.75 Å². The minimum Gasteiger partial charge on any atom is -0.497 e. The average Bonchev–Trinajstić information content (AvgIpc) is 2.74. The maximum Gasteiger partial charge on any atom is 0.406 e. The van der Waals surface area contributed by atoms with Crippen molar-refractivity contribution in [1.82, 2.24) is 0 Å². The Labute approximate surface area is 114 Å². The van der Waals surface area contributed by atoms with Crippen molar-refractivity contribution >= 4 is 11.7 Å². The van der Waals surface area contributed by atoms with Gasteiger partial charge in [0.15, 0.2) is 0 Å². The zero-order valence-electron chi connectivity index (χ0n) is 11.0. The molecule has 20 heavy (non-hydrogen) atoms. The van der Waals surface area contributed by atoms with Gasteiger partial charge in [0.1, 0.15) is 11.7 Å². The van der Waals surface area contributed by atoms with E-state index in [-0.39, 0.29) is 11.5 Å². The van der Waals surface area contributed by atoms with Crippen molar-refractivity contribution in [3.05, 3.63) is 35.0 Å². The number of methoxy groups -OCH3 is 1. The Kier molecular flexibility index (Phi) is 4.07. The molecule has 7 heteroatoms. The van der Waals surface area contributed by atoms with E-state index in [4.69, 9.17) is 9.47 Å². The number of carbonyl (C=O) groups excluding carboxylic acids is 1. The predicted molar refractivity (Wildman–Crippen MR) is 67.0 cm³/mol. The van der Waals surface area contributed by atoms with E-state index in [0.717, 1.165) is 0 Å². The molecule has 0 amide bonds. The number of benzene rings is 1. The third-order valence-corrected chi connectivity index (χ3v) is 2.91. The molecular weight excluding hydrogens is 269 g/mol. The molecule has 2 rings (SSSR count). The first-order valence-electron chi connectivity index (χ1n) is 6.04. The standard InChI is InChI=1S/C13H14FNO5/c1-3-19-13(16)11-10(12(14)20-15(11)17)8-4-6-9(18-2)7-5-8/h4-7,10,12H,3H2,1-2H3. The Bertz CT molecular complexity index is 528. The molecule has 0 spiro atoms. The highest BCUT2D eigenvalue weighted by molar-refractivity contribution is 6.36. The third-order valence-electron chi connectivity index (χ3n) is 2.91. The van der Waals surface area contributed by atoms with Crippen LogP contribution in [-0.4, -0.2) is 36.7 Å². The van der Waals surface area contributed by atoms with E-state index in [1.165, 1.54) is 7.11 Å². The van der Waals surface area contributed by atoms with Gasteiger partial charge >= 0.3 is 11.7 Å². The van der Waals surface area contributed by atoms with Crippen LogP contribution in [0.15, 0.2) is 24.3 Å². The van der Waals surface area contributed by atoms with Crippen molar-refractivity contribution in [2.75, 3.05) is 13.7 Å². The minimum absolute atomic E-state index is 0.0858. The molecule has 1 aliphatic rings. The zero-order valence-corrected chi connectivity index (χ0v) is 11.0. The molecule has 0 bridgehead atoms. The van der Waals surface area contributed by atoms with Gasteiger partial charge < -0.3 is 14.3 Å². The van der Waals surface area contributed by atoms with Crippen LogP contribution < -0.4 is 4.74 Å². The quantitative estimate of drug-likeness (QED) is 0.619. The lowest BCUT2D eigenvalue weighted by molar-refractivity contribution is -0.747. The van der Waals surface area contributed by atoms with Crippen molar-refractivity contribution in [2.24, 2.45) is 0 Å². The van der Waals surface area contributed by atoms with Crippen LogP contribution in [0.1, 0.15) is 18.4 Å². The molecule has 6 nitrogen and oxygen atoms in total. The Morgan fingerprint density at radius 2 is 2.10 bits per heavy atom. The monoisotopic (exact) mass is 283 g/mol. The van der Waals surface area contributed by atoms with E-state index in [2.05, 4.69) is 4.84 Å². The van der Waals surface area contributed by atoms with E-state index in [1.807, 2.05) is 0 Å². The molecule has 0 aromatic heterocycles. The highest BCUT2D eigenvalue weighted by Crippen LogP contribution is 2.31. The van der Waals surface area contributed by atoms with E-state index in [0.29, 0.717) is 11.3 Å². The molecule has 0 aliphatic carbocycles. The second-order valence-electron chi connectivity index (χ2n) is 4.07. The van der Waals surface area contributed by atoms with Gasteiger partial charge in [-0.3, -0.25) is 5.21 Å². The number of alkyl halides is 1. The molecule has 0 radical (unpaired) electrons. The number of hydrogen-bond donors (Lipinski definition) is 0. The summed E-state index contributed by atoms with van der Waals surface area (Å²) < 4.78 is 23.6. The van der Waals surface area contributed by atoms with E-state index in [1.54, 1.807) is 31.2 Å². The van der Waals surface area contributed by atoms with Crippen LogP contribution >= 0.6 is 0 Å². The van der Waals surface area contributed by atoms with Gasteiger partial charge in [-0.15, -0.1) is 0 Å². The number of esters is 1. The zero-order chi connectivity index (χ0) is 14.7. The molecule has 0 saturated carbocycles. The van der Waals surface area contributed by atoms with Gasteiger partial charge in [-0.2, -0.15) is 0 Å². The topological polar surface area (TPSA) is 70.8 Å². The highest BCUT2D eigenvalue weighted by atomic mass is 19.1. The SMILES string of the molecule is CCOC(=O)C1=[N+]([O-])OC(F)C1c1ccc(OC)cc1. The molecule has 108 valence electrons. The first kappa shape index (κ1) is 14.1. The number of hydrogen-bond acceptors (Lipinski definition) is 5. The second-order valence-corrected chi connectivity index (χ2v) is 4.07. The molecule has 2 atom stereocenters. The van der Waals surface area contributed by atoms with Crippen LogP contribution in [0.3, 0.4) is 0 Å². The number of carbonyl (C=O) groups is 1. The van der Waals surface area contributed by atoms with Gasteiger partial charge in [-0.25, -0.2) is 9.18 Å². The minimum atomic E-state index is -1.93. The molecule has 1 aromatic carbocycles. The van der Waals surface area contributed by atoms with Crippen molar-refractivity contribution in [1.29, 1.82) is 0 Å². The first-order valence-corrected chi connectivity index (χ1v) is 6.04. The molecule has 0 fully saturated rings. The summed E-state index contributed by atoms with van der Waals surface area (Å²) in [4.78, 5) is 16.0. The normalized spacial score (nSPS) is 21.6. The van der Waals surface area contributed by atoms with Crippen molar-refractivity contribution in [3.8, 4) is 5.75 Å². The Morgan fingerprint density at radius 1 is 1.45 bits per heavy atom. The number of nitrogens with zero attached hydrogens (tertiary/aromatic N) is 1. The van der Waals surface area contributed by atoms with Crippen molar-refractivity contribution < 1.29 is 28.4 Å². The summed E-state index contributed by atoms with van der Waals surface area (Å²) in [5.41, 5.74) is 0.0317. The fourth-order valence-corrected chi connectivity index (χ4v) is 1.97. The maximum atomic E-state index is 13.8. The second kappa shape index (κ2) is 5.77. The Morgan fingerprint density at radius 3 is 2.65 bits per heavy atom. The largest absolute Gasteiger partial charge is 0.497 e. The molecule has 0 saturated heterocycles. The lowest BCUT2D eigenvalue weighted by Crippen LogP contribution is -2.28. The first-order chi connectivity index (χ1) is 9.58. The lowest BCUT2D eigenvalue weighted by Gasteiger charge is -2.11. The predicted octanol–water partition coefficient (Wildman–Crippen LogP) is 1.53. The number of rotatable bonds is 4. The van der Waals surface area contributed by atoms with Gasteiger partial charge in [0.2, 0.25) is 6.36 Å². The molecule has 1 aromatic rings. The third kappa shape index (κ3) is 2.52. The van der Waals surface area contributed by atoms with Crippen LogP contribution in [0.25, 0.3) is 0 Å². The van der Waals surface area contributed by atoms with Crippen molar-refractivity contribution in [2.45, 2.75) is 19.2 Å². The van der Waals surface area contributed by atoms with E-state index < -0.39 is 24.0 Å². The fourth-order valence-electron chi connectivity index (χ4n) is 1.97. The van der Waals surface area contributed by atoms with Crippen LogP contribution in [-0.2, 0) is 14.4 Å². The summed E-state index contributed by atoms with van der Waals surface area (Å²) in [7, 11) is 1.50. The summed E-state index contributed by atoms with van der Waals surface area (Å²) >= 11 is 0. The van der Waals surface area contributed by atoms with Crippen molar-refractivity contribution in [3.63, 3.8) is 0 Å².